The fourth-order valence-electron chi connectivity index (χ4n) is 2.35. The average molecular weight is 282 g/mol. The maximum atomic E-state index is 6.45. The van der Waals surface area contributed by atoms with Crippen LogP contribution in [0.2, 0.25) is 5.02 Å². The van der Waals surface area contributed by atoms with Gasteiger partial charge in [0.2, 0.25) is 0 Å². The van der Waals surface area contributed by atoms with Gasteiger partial charge in [-0.25, -0.2) is 0 Å². The Morgan fingerprint density at radius 2 is 1.74 bits per heavy atom. The fourth-order valence-corrected chi connectivity index (χ4v) is 2.70. The SMILES string of the molecule is CCCCCC(NCCC)c1cc(C)c(C)cc1Cl. The molecule has 0 heterocycles. The van der Waals surface area contributed by atoms with Crippen molar-refractivity contribution in [1.29, 1.82) is 0 Å². The van der Waals surface area contributed by atoms with Crippen LogP contribution in [-0.2, 0) is 0 Å². The third kappa shape index (κ3) is 5.16. The quantitative estimate of drug-likeness (QED) is 0.614. The van der Waals surface area contributed by atoms with E-state index in [0.717, 1.165) is 18.0 Å². The van der Waals surface area contributed by atoms with E-state index >= 15 is 0 Å². The molecule has 1 N–H and O–H groups in total. The second-order valence-corrected chi connectivity index (χ2v) is 5.87. The first-order valence-electron chi connectivity index (χ1n) is 7.60. The van der Waals surface area contributed by atoms with Gasteiger partial charge in [0.25, 0.3) is 0 Å². The van der Waals surface area contributed by atoms with Crippen molar-refractivity contribution in [2.24, 2.45) is 0 Å². The minimum Gasteiger partial charge on any atom is -0.310 e. The predicted molar refractivity (Wildman–Crippen MR) is 86.1 cm³/mol. The minimum absolute atomic E-state index is 0.401. The number of unbranched alkanes of at least 4 members (excludes halogenated alkanes) is 2. The molecule has 0 saturated carbocycles. The standard InChI is InChI=1S/C17H28ClN/c1-5-7-8-9-17(19-10-6-2)15-11-13(3)14(4)12-16(15)18/h11-12,17,19H,5-10H2,1-4H3. The number of benzene rings is 1. The summed E-state index contributed by atoms with van der Waals surface area (Å²) in [5.41, 5.74) is 3.88. The average Bonchev–Trinajstić information content (AvgIpc) is 2.38. The van der Waals surface area contributed by atoms with Crippen LogP contribution in [0.4, 0.5) is 0 Å². The van der Waals surface area contributed by atoms with Crippen molar-refractivity contribution >= 4 is 11.6 Å². The Labute approximate surface area is 123 Å². The van der Waals surface area contributed by atoms with Gasteiger partial charge >= 0.3 is 0 Å². The highest BCUT2D eigenvalue weighted by Gasteiger charge is 2.14. The minimum atomic E-state index is 0.401. The Hall–Kier alpha value is -0.530. The van der Waals surface area contributed by atoms with E-state index in [1.54, 1.807) is 0 Å². The summed E-state index contributed by atoms with van der Waals surface area (Å²) in [5, 5.41) is 4.56. The lowest BCUT2D eigenvalue weighted by atomic mass is 9.96. The predicted octanol–water partition coefficient (Wildman–Crippen LogP) is 5.58. The molecule has 0 aromatic heterocycles. The monoisotopic (exact) mass is 281 g/mol. The van der Waals surface area contributed by atoms with Gasteiger partial charge in [-0.1, -0.05) is 50.8 Å². The Bertz CT molecular complexity index is 387. The molecule has 1 aromatic rings. The lowest BCUT2D eigenvalue weighted by molar-refractivity contribution is 0.474. The van der Waals surface area contributed by atoms with Crippen LogP contribution in [-0.4, -0.2) is 6.54 Å². The number of hydrogen-bond acceptors (Lipinski definition) is 1. The van der Waals surface area contributed by atoms with Gasteiger partial charge in [-0.05, 0) is 56.0 Å². The molecular weight excluding hydrogens is 254 g/mol. The second-order valence-electron chi connectivity index (χ2n) is 5.46. The van der Waals surface area contributed by atoms with Crippen LogP contribution in [0.3, 0.4) is 0 Å². The zero-order valence-corrected chi connectivity index (χ0v) is 13.6. The molecule has 1 atom stereocenters. The highest BCUT2D eigenvalue weighted by molar-refractivity contribution is 6.31. The van der Waals surface area contributed by atoms with Crippen molar-refractivity contribution in [3.63, 3.8) is 0 Å². The van der Waals surface area contributed by atoms with E-state index in [1.165, 1.54) is 42.4 Å². The molecule has 108 valence electrons. The van der Waals surface area contributed by atoms with Gasteiger partial charge in [-0.3, -0.25) is 0 Å². The summed E-state index contributed by atoms with van der Waals surface area (Å²) in [5.74, 6) is 0. The molecule has 0 saturated heterocycles. The summed E-state index contributed by atoms with van der Waals surface area (Å²) < 4.78 is 0. The largest absolute Gasteiger partial charge is 0.310 e. The molecule has 0 fully saturated rings. The summed E-state index contributed by atoms with van der Waals surface area (Å²) in [6.45, 7) is 9.80. The summed E-state index contributed by atoms with van der Waals surface area (Å²) in [6, 6.07) is 4.77. The Balaban J connectivity index is 2.85. The van der Waals surface area contributed by atoms with E-state index in [2.05, 4.69) is 45.1 Å². The first-order valence-corrected chi connectivity index (χ1v) is 7.98. The summed E-state index contributed by atoms with van der Waals surface area (Å²) in [7, 11) is 0. The maximum absolute atomic E-state index is 6.45. The van der Waals surface area contributed by atoms with Crippen molar-refractivity contribution in [1.82, 2.24) is 5.32 Å². The topological polar surface area (TPSA) is 12.0 Å². The van der Waals surface area contributed by atoms with Crippen LogP contribution in [0.25, 0.3) is 0 Å². The van der Waals surface area contributed by atoms with Gasteiger partial charge in [-0.15, -0.1) is 0 Å². The number of hydrogen-bond donors (Lipinski definition) is 1. The second kappa shape index (κ2) is 8.60. The molecule has 1 unspecified atom stereocenters. The Kier molecular flexibility index (Phi) is 7.48. The molecule has 2 heteroatoms. The van der Waals surface area contributed by atoms with Crippen LogP contribution in [0.15, 0.2) is 12.1 Å². The highest BCUT2D eigenvalue weighted by atomic mass is 35.5. The fraction of sp³-hybridized carbons (Fsp3) is 0.647. The van der Waals surface area contributed by atoms with Gasteiger partial charge < -0.3 is 5.32 Å². The smallest absolute Gasteiger partial charge is 0.0456 e. The Morgan fingerprint density at radius 3 is 2.37 bits per heavy atom. The lowest BCUT2D eigenvalue weighted by Gasteiger charge is -2.21. The molecule has 0 spiro atoms. The molecule has 19 heavy (non-hydrogen) atoms. The van der Waals surface area contributed by atoms with Crippen molar-refractivity contribution in [3.05, 3.63) is 33.8 Å². The molecule has 1 nitrogen and oxygen atoms in total. The zero-order valence-electron chi connectivity index (χ0n) is 12.9. The highest BCUT2D eigenvalue weighted by Crippen LogP contribution is 2.29. The van der Waals surface area contributed by atoms with Crippen LogP contribution in [0, 0.1) is 13.8 Å². The van der Waals surface area contributed by atoms with E-state index in [9.17, 15) is 0 Å². The van der Waals surface area contributed by atoms with Crippen molar-refractivity contribution in [2.45, 2.75) is 65.8 Å². The number of rotatable bonds is 8. The van der Waals surface area contributed by atoms with Crippen LogP contribution in [0.5, 0.6) is 0 Å². The van der Waals surface area contributed by atoms with Crippen LogP contribution in [0.1, 0.15) is 68.7 Å². The van der Waals surface area contributed by atoms with E-state index in [1.807, 2.05) is 0 Å². The van der Waals surface area contributed by atoms with Crippen molar-refractivity contribution in [3.8, 4) is 0 Å². The van der Waals surface area contributed by atoms with Gasteiger partial charge in [0.15, 0.2) is 0 Å². The Morgan fingerprint density at radius 1 is 1.05 bits per heavy atom. The van der Waals surface area contributed by atoms with Crippen molar-refractivity contribution in [2.75, 3.05) is 6.54 Å². The van der Waals surface area contributed by atoms with Crippen molar-refractivity contribution < 1.29 is 0 Å². The molecule has 0 aliphatic carbocycles. The van der Waals surface area contributed by atoms with Gasteiger partial charge in [0.1, 0.15) is 0 Å². The van der Waals surface area contributed by atoms with Gasteiger partial charge in [0.05, 0.1) is 0 Å². The number of aryl methyl sites for hydroxylation is 2. The third-order valence-electron chi connectivity index (χ3n) is 3.73. The molecule has 0 aliphatic heterocycles. The van der Waals surface area contributed by atoms with E-state index in [-0.39, 0.29) is 0 Å². The first-order chi connectivity index (χ1) is 9.10. The molecule has 0 bridgehead atoms. The van der Waals surface area contributed by atoms with E-state index in [0.29, 0.717) is 6.04 Å². The summed E-state index contributed by atoms with van der Waals surface area (Å²) >= 11 is 6.45. The maximum Gasteiger partial charge on any atom is 0.0456 e. The molecule has 1 rings (SSSR count). The number of halogens is 1. The molecular formula is C17H28ClN. The van der Waals surface area contributed by atoms with Gasteiger partial charge in [0, 0.05) is 11.1 Å². The summed E-state index contributed by atoms with van der Waals surface area (Å²) in [6.07, 6.45) is 6.16. The molecule has 0 aliphatic rings. The third-order valence-corrected chi connectivity index (χ3v) is 4.05. The molecule has 0 amide bonds. The molecule has 0 radical (unpaired) electrons. The van der Waals surface area contributed by atoms with Crippen LogP contribution < -0.4 is 5.32 Å². The van der Waals surface area contributed by atoms with Crippen LogP contribution >= 0.6 is 11.6 Å². The first kappa shape index (κ1) is 16.5. The number of nitrogens with one attached hydrogen (secondary N) is 1. The van der Waals surface area contributed by atoms with Gasteiger partial charge in [-0.2, -0.15) is 0 Å². The van der Waals surface area contributed by atoms with E-state index < -0.39 is 0 Å². The normalized spacial score (nSPS) is 12.7. The summed E-state index contributed by atoms with van der Waals surface area (Å²) in [4.78, 5) is 0. The zero-order chi connectivity index (χ0) is 14.3. The lowest BCUT2D eigenvalue weighted by Crippen LogP contribution is -2.22. The van der Waals surface area contributed by atoms with E-state index in [4.69, 9.17) is 11.6 Å². The molecule has 1 aromatic carbocycles.